The first-order chi connectivity index (χ1) is 10.6. The predicted molar refractivity (Wildman–Crippen MR) is 78.0 cm³/mol. The van der Waals surface area contributed by atoms with E-state index in [9.17, 15) is 4.79 Å². The fourth-order valence-electron chi connectivity index (χ4n) is 1.52. The topological polar surface area (TPSA) is 137 Å². The van der Waals surface area contributed by atoms with Gasteiger partial charge in [0.25, 0.3) is 0 Å². The summed E-state index contributed by atoms with van der Waals surface area (Å²) in [7, 11) is 3.07. The molecule has 0 unspecified atom stereocenters. The van der Waals surface area contributed by atoms with Crippen molar-refractivity contribution in [1.29, 1.82) is 0 Å². The molecule has 0 saturated heterocycles. The Bertz CT molecular complexity index is 684. The summed E-state index contributed by atoms with van der Waals surface area (Å²) < 4.78 is 14.6. The number of anilines is 2. The number of carbonyl (C=O) groups excluding carboxylic acids is 1. The lowest BCUT2D eigenvalue weighted by Crippen LogP contribution is -2.24. The molecule has 4 N–H and O–H groups in total. The van der Waals surface area contributed by atoms with Gasteiger partial charge in [-0.3, -0.25) is 5.32 Å². The lowest BCUT2D eigenvalue weighted by molar-refractivity contribution is 0.252. The van der Waals surface area contributed by atoms with Gasteiger partial charge in [0, 0.05) is 0 Å². The highest BCUT2D eigenvalue weighted by atomic mass is 16.6. The average Bonchev–Trinajstić information content (AvgIpc) is 2.92. The van der Waals surface area contributed by atoms with Gasteiger partial charge in [0.15, 0.2) is 11.5 Å². The maximum atomic E-state index is 11.5. The van der Waals surface area contributed by atoms with Crippen LogP contribution in [-0.2, 0) is 0 Å². The Morgan fingerprint density at radius 2 is 2.09 bits per heavy atom. The van der Waals surface area contributed by atoms with E-state index < -0.39 is 6.03 Å². The number of nitrogens with two attached hydrogens (primary N) is 1. The Balaban J connectivity index is 1.94. The number of nitrogens with zero attached hydrogens (tertiary/aromatic N) is 3. The van der Waals surface area contributed by atoms with E-state index in [4.69, 9.17) is 15.2 Å². The van der Waals surface area contributed by atoms with Gasteiger partial charge < -0.3 is 15.2 Å². The molecule has 0 aliphatic rings. The number of nitrogens with one attached hydrogen (secondary N) is 2. The maximum Gasteiger partial charge on any atom is 0.340 e. The van der Waals surface area contributed by atoms with Crippen molar-refractivity contribution in [2.45, 2.75) is 0 Å². The highest BCUT2D eigenvalue weighted by molar-refractivity contribution is 5.91. The fraction of sp³-hybridized carbons (Fsp3) is 0.167. The molecular formula is C12H14N6O4. The number of hydrogen-bond acceptors (Lipinski definition) is 8. The van der Waals surface area contributed by atoms with Crippen LogP contribution in [0.4, 0.5) is 16.4 Å². The standard InChI is InChI=1S/C12H14N6O4/c1-20-8-4-3-7(5-9(8)21-2)6-14-16-12(19)15-11-10(13)17-22-18-11/h3-6H,1-2H3,(H2,13,17)(H2,15,16,18,19)/b14-6-. The molecule has 1 heterocycles. The van der Waals surface area contributed by atoms with Crippen LogP contribution in [0.25, 0.3) is 0 Å². The molecular weight excluding hydrogens is 292 g/mol. The first-order valence-electron chi connectivity index (χ1n) is 6.04. The zero-order valence-electron chi connectivity index (χ0n) is 11.9. The fourth-order valence-corrected chi connectivity index (χ4v) is 1.52. The van der Waals surface area contributed by atoms with Crippen molar-refractivity contribution in [2.75, 3.05) is 25.3 Å². The second kappa shape index (κ2) is 6.92. The van der Waals surface area contributed by atoms with Crippen LogP contribution in [0, 0.1) is 0 Å². The van der Waals surface area contributed by atoms with E-state index in [0.717, 1.165) is 0 Å². The molecule has 1 aromatic carbocycles. The summed E-state index contributed by atoms with van der Waals surface area (Å²) in [5.41, 5.74) is 8.35. The van der Waals surface area contributed by atoms with Crippen LogP contribution in [0.3, 0.4) is 0 Å². The smallest absolute Gasteiger partial charge is 0.340 e. The number of hydrogen-bond donors (Lipinski definition) is 3. The lowest BCUT2D eigenvalue weighted by atomic mass is 10.2. The number of ether oxygens (including phenoxy) is 2. The van der Waals surface area contributed by atoms with Crippen molar-refractivity contribution in [3.05, 3.63) is 23.8 Å². The first-order valence-corrected chi connectivity index (χ1v) is 6.04. The Hall–Kier alpha value is -3.30. The molecule has 0 atom stereocenters. The summed E-state index contributed by atoms with van der Waals surface area (Å²) >= 11 is 0. The van der Waals surface area contributed by atoms with E-state index in [0.29, 0.717) is 17.1 Å². The monoisotopic (exact) mass is 306 g/mol. The molecule has 0 aliphatic heterocycles. The van der Waals surface area contributed by atoms with Crippen LogP contribution in [0.1, 0.15) is 5.56 Å². The Labute approximate surface area is 125 Å². The van der Waals surface area contributed by atoms with Crippen LogP contribution in [0.5, 0.6) is 11.5 Å². The Kier molecular flexibility index (Phi) is 4.75. The third-order valence-electron chi connectivity index (χ3n) is 2.53. The minimum atomic E-state index is -0.640. The van der Waals surface area contributed by atoms with Crippen molar-refractivity contribution < 1.29 is 18.9 Å². The third kappa shape index (κ3) is 3.62. The summed E-state index contributed by atoms with van der Waals surface area (Å²) in [5, 5.41) is 12.8. The van der Waals surface area contributed by atoms with Crippen LogP contribution < -0.4 is 25.9 Å². The Morgan fingerprint density at radius 3 is 2.73 bits per heavy atom. The molecule has 0 aliphatic carbocycles. The molecule has 2 aromatic rings. The zero-order chi connectivity index (χ0) is 15.9. The molecule has 0 fully saturated rings. The molecule has 116 valence electrons. The van der Waals surface area contributed by atoms with E-state index in [1.807, 2.05) is 0 Å². The predicted octanol–water partition coefficient (Wildman–Crippen LogP) is 0.825. The van der Waals surface area contributed by atoms with E-state index >= 15 is 0 Å². The molecule has 10 heteroatoms. The highest BCUT2D eigenvalue weighted by Crippen LogP contribution is 2.26. The molecule has 10 nitrogen and oxygen atoms in total. The van der Waals surface area contributed by atoms with Crippen molar-refractivity contribution in [2.24, 2.45) is 5.10 Å². The van der Waals surface area contributed by atoms with Crippen LogP contribution in [0.15, 0.2) is 27.9 Å². The molecule has 2 rings (SSSR count). The Morgan fingerprint density at radius 1 is 1.32 bits per heavy atom. The van der Waals surface area contributed by atoms with Gasteiger partial charge >= 0.3 is 6.03 Å². The number of nitrogen functional groups attached to an aromatic ring is 1. The van der Waals surface area contributed by atoms with Gasteiger partial charge in [0.2, 0.25) is 11.6 Å². The number of urea groups is 1. The van der Waals surface area contributed by atoms with Gasteiger partial charge in [-0.05, 0) is 34.1 Å². The van der Waals surface area contributed by atoms with Crippen molar-refractivity contribution in [1.82, 2.24) is 15.7 Å². The molecule has 0 radical (unpaired) electrons. The van der Waals surface area contributed by atoms with Gasteiger partial charge in [-0.2, -0.15) is 5.10 Å². The maximum absolute atomic E-state index is 11.5. The van der Waals surface area contributed by atoms with E-state index in [1.165, 1.54) is 13.3 Å². The first kappa shape index (κ1) is 15.1. The minimum Gasteiger partial charge on any atom is -0.493 e. The quantitative estimate of drug-likeness (QED) is 0.549. The van der Waals surface area contributed by atoms with Crippen LogP contribution >= 0.6 is 0 Å². The number of benzene rings is 1. The number of amides is 2. The molecule has 1 aromatic heterocycles. The van der Waals surface area contributed by atoms with Crippen molar-refractivity contribution in [3.8, 4) is 11.5 Å². The summed E-state index contributed by atoms with van der Waals surface area (Å²) in [6.07, 6.45) is 1.44. The molecule has 2 amide bonds. The van der Waals surface area contributed by atoms with Gasteiger partial charge in [-0.25, -0.2) is 14.8 Å². The number of methoxy groups -OCH3 is 2. The largest absolute Gasteiger partial charge is 0.493 e. The van der Waals surface area contributed by atoms with Gasteiger partial charge in [0.05, 0.1) is 20.4 Å². The lowest BCUT2D eigenvalue weighted by Gasteiger charge is -2.07. The number of carbonyl (C=O) groups is 1. The van der Waals surface area contributed by atoms with E-state index in [2.05, 4.69) is 30.8 Å². The number of hydrazone groups is 1. The molecule has 0 spiro atoms. The highest BCUT2D eigenvalue weighted by Gasteiger charge is 2.09. The summed E-state index contributed by atoms with van der Waals surface area (Å²) in [5.74, 6) is 1.13. The molecule has 0 saturated carbocycles. The third-order valence-corrected chi connectivity index (χ3v) is 2.53. The summed E-state index contributed by atoms with van der Waals surface area (Å²) in [6, 6.07) is 4.55. The van der Waals surface area contributed by atoms with E-state index in [1.54, 1.807) is 25.3 Å². The van der Waals surface area contributed by atoms with Crippen LogP contribution in [-0.4, -0.2) is 36.8 Å². The zero-order valence-corrected chi connectivity index (χ0v) is 11.9. The number of aromatic nitrogens is 2. The van der Waals surface area contributed by atoms with Gasteiger partial charge in [0.1, 0.15) is 0 Å². The summed E-state index contributed by atoms with van der Waals surface area (Å²) in [6.45, 7) is 0. The molecule has 0 bridgehead atoms. The normalized spacial score (nSPS) is 10.5. The van der Waals surface area contributed by atoms with Crippen molar-refractivity contribution in [3.63, 3.8) is 0 Å². The second-order valence-corrected chi connectivity index (χ2v) is 3.94. The minimum absolute atomic E-state index is 0.0128. The van der Waals surface area contributed by atoms with Gasteiger partial charge in [-0.1, -0.05) is 0 Å². The molecule has 22 heavy (non-hydrogen) atoms. The van der Waals surface area contributed by atoms with Crippen LogP contribution in [0.2, 0.25) is 0 Å². The van der Waals surface area contributed by atoms with Gasteiger partial charge in [-0.15, -0.1) is 0 Å². The summed E-state index contributed by atoms with van der Waals surface area (Å²) in [4.78, 5) is 11.5. The second-order valence-electron chi connectivity index (χ2n) is 3.94. The van der Waals surface area contributed by atoms with E-state index in [-0.39, 0.29) is 11.6 Å². The number of rotatable bonds is 5. The average molecular weight is 306 g/mol. The SMILES string of the molecule is COc1ccc(/C=N\NC(=O)Nc2nonc2N)cc1OC. The van der Waals surface area contributed by atoms with Crippen molar-refractivity contribution >= 4 is 23.9 Å².